The molecule has 0 saturated carbocycles. The van der Waals surface area contributed by atoms with Gasteiger partial charge in [0.1, 0.15) is 0 Å². The first-order valence-corrected chi connectivity index (χ1v) is 4.01. The van der Waals surface area contributed by atoms with E-state index < -0.39 is 0 Å². The lowest BCUT2D eigenvalue weighted by molar-refractivity contribution is 0.243. The average molecular weight is 216 g/mol. The van der Waals surface area contributed by atoms with Gasteiger partial charge in [0.15, 0.2) is 0 Å². The van der Waals surface area contributed by atoms with E-state index in [0.717, 1.165) is 19.6 Å². The van der Waals surface area contributed by atoms with Gasteiger partial charge < -0.3 is 10.6 Å². The summed E-state index contributed by atoms with van der Waals surface area (Å²) in [6.45, 7) is 7.04. The van der Waals surface area contributed by atoms with Crippen LogP contribution in [-0.4, -0.2) is 51.2 Å². The highest BCUT2D eigenvalue weighted by Gasteiger charge is 2.06. The molecule has 0 aromatic heterocycles. The molecule has 0 atom stereocenters. The van der Waals surface area contributed by atoms with Gasteiger partial charge in [-0.1, -0.05) is 0 Å². The van der Waals surface area contributed by atoms with Crippen LogP contribution in [0.3, 0.4) is 0 Å². The van der Waals surface area contributed by atoms with Gasteiger partial charge in [-0.25, -0.2) is 0 Å². The fourth-order valence-electron chi connectivity index (χ4n) is 1.20. The van der Waals surface area contributed by atoms with Crippen molar-refractivity contribution in [3.63, 3.8) is 0 Å². The molecule has 1 saturated heterocycles. The van der Waals surface area contributed by atoms with Crippen molar-refractivity contribution in [3.8, 4) is 0 Å². The van der Waals surface area contributed by atoms with Crippen LogP contribution in [0.4, 0.5) is 0 Å². The summed E-state index contributed by atoms with van der Waals surface area (Å²) in [6, 6.07) is 0. The quantitative estimate of drug-likeness (QED) is 0.693. The molecule has 5 heteroatoms. The third-order valence-corrected chi connectivity index (χ3v) is 1.89. The zero-order valence-corrected chi connectivity index (χ0v) is 9.14. The Kier molecular flexibility index (Phi) is 11.9. The van der Waals surface area contributed by atoms with Crippen molar-refractivity contribution in [3.05, 3.63) is 0 Å². The van der Waals surface area contributed by atoms with Crippen LogP contribution in [0.1, 0.15) is 0 Å². The number of halogens is 2. The standard InChI is InChI=1S/C7H17N3.2ClH/c1-8-2-5-10-6-3-9-4-7-10;;/h8-9H,2-7H2,1H3;2*1H. The number of rotatable bonds is 3. The van der Waals surface area contributed by atoms with E-state index in [2.05, 4.69) is 15.5 Å². The Morgan fingerprint density at radius 1 is 1.25 bits per heavy atom. The van der Waals surface area contributed by atoms with Crippen molar-refractivity contribution in [1.82, 2.24) is 15.5 Å². The lowest BCUT2D eigenvalue weighted by atomic mass is 10.3. The molecular formula is C7H19Cl2N3. The van der Waals surface area contributed by atoms with Crippen LogP contribution in [0, 0.1) is 0 Å². The van der Waals surface area contributed by atoms with E-state index in [1.165, 1.54) is 19.6 Å². The Bertz CT molecular complexity index is 86.7. The molecule has 0 bridgehead atoms. The monoisotopic (exact) mass is 215 g/mol. The van der Waals surface area contributed by atoms with E-state index in [0.29, 0.717) is 0 Å². The number of hydrogen-bond acceptors (Lipinski definition) is 3. The molecule has 3 nitrogen and oxygen atoms in total. The maximum atomic E-state index is 3.33. The van der Waals surface area contributed by atoms with Crippen molar-refractivity contribution in [2.75, 3.05) is 46.3 Å². The first kappa shape index (κ1) is 15.0. The van der Waals surface area contributed by atoms with Crippen molar-refractivity contribution >= 4 is 24.8 Å². The number of likely N-dealkylation sites (N-methyl/N-ethyl adjacent to an activating group) is 1. The third kappa shape index (κ3) is 6.03. The molecule has 1 aliphatic rings. The minimum atomic E-state index is 0. The molecule has 0 spiro atoms. The summed E-state index contributed by atoms with van der Waals surface area (Å²) in [6.07, 6.45) is 0. The second-order valence-electron chi connectivity index (χ2n) is 2.70. The van der Waals surface area contributed by atoms with E-state index in [4.69, 9.17) is 0 Å². The van der Waals surface area contributed by atoms with Gasteiger partial charge >= 0.3 is 0 Å². The Balaban J connectivity index is 0. The second kappa shape index (κ2) is 9.55. The van der Waals surface area contributed by atoms with Crippen LogP contribution in [0.15, 0.2) is 0 Å². The number of hydrogen-bond donors (Lipinski definition) is 2. The van der Waals surface area contributed by atoms with Crippen molar-refractivity contribution in [2.45, 2.75) is 0 Å². The van der Waals surface area contributed by atoms with Gasteiger partial charge in [-0.2, -0.15) is 0 Å². The van der Waals surface area contributed by atoms with Gasteiger partial charge in [-0.3, -0.25) is 4.90 Å². The summed E-state index contributed by atoms with van der Waals surface area (Å²) >= 11 is 0. The number of nitrogens with zero attached hydrogens (tertiary/aromatic N) is 1. The van der Waals surface area contributed by atoms with Gasteiger partial charge in [0, 0.05) is 39.3 Å². The van der Waals surface area contributed by atoms with Crippen molar-refractivity contribution < 1.29 is 0 Å². The van der Waals surface area contributed by atoms with E-state index in [-0.39, 0.29) is 24.8 Å². The minimum absolute atomic E-state index is 0. The topological polar surface area (TPSA) is 27.3 Å². The van der Waals surface area contributed by atoms with Gasteiger partial charge in [0.2, 0.25) is 0 Å². The summed E-state index contributed by atoms with van der Waals surface area (Å²) in [5.41, 5.74) is 0. The summed E-state index contributed by atoms with van der Waals surface area (Å²) in [7, 11) is 2.00. The largest absolute Gasteiger partial charge is 0.318 e. The Morgan fingerprint density at radius 2 is 1.83 bits per heavy atom. The molecule has 0 aliphatic carbocycles. The van der Waals surface area contributed by atoms with Crippen LogP contribution in [0.5, 0.6) is 0 Å². The smallest absolute Gasteiger partial charge is 0.0108 e. The SMILES string of the molecule is CNCCN1CCNCC1.Cl.Cl. The average Bonchev–Trinajstić information content (AvgIpc) is 2.03. The maximum absolute atomic E-state index is 3.33. The molecule has 0 radical (unpaired) electrons. The van der Waals surface area contributed by atoms with Crippen LogP contribution >= 0.6 is 24.8 Å². The summed E-state index contributed by atoms with van der Waals surface area (Å²) < 4.78 is 0. The predicted octanol–water partition coefficient (Wildman–Crippen LogP) is -0.0454. The first-order valence-electron chi connectivity index (χ1n) is 4.01. The molecule has 0 aromatic carbocycles. The Morgan fingerprint density at radius 3 is 2.33 bits per heavy atom. The fourth-order valence-corrected chi connectivity index (χ4v) is 1.20. The van der Waals surface area contributed by atoms with Crippen LogP contribution in [-0.2, 0) is 0 Å². The normalized spacial score (nSPS) is 17.8. The molecule has 76 valence electrons. The summed E-state index contributed by atoms with van der Waals surface area (Å²) in [5.74, 6) is 0. The highest BCUT2D eigenvalue weighted by molar-refractivity contribution is 5.85. The lowest BCUT2D eigenvalue weighted by Gasteiger charge is -2.26. The number of nitrogens with one attached hydrogen (secondary N) is 2. The fraction of sp³-hybridized carbons (Fsp3) is 1.00. The predicted molar refractivity (Wildman–Crippen MR) is 57.7 cm³/mol. The van der Waals surface area contributed by atoms with E-state index in [9.17, 15) is 0 Å². The minimum Gasteiger partial charge on any atom is -0.318 e. The van der Waals surface area contributed by atoms with Crippen LogP contribution in [0.2, 0.25) is 0 Å². The lowest BCUT2D eigenvalue weighted by Crippen LogP contribution is -2.45. The van der Waals surface area contributed by atoms with Crippen molar-refractivity contribution in [2.24, 2.45) is 0 Å². The van der Waals surface area contributed by atoms with Crippen LogP contribution in [0.25, 0.3) is 0 Å². The Labute approximate surface area is 87.1 Å². The van der Waals surface area contributed by atoms with Gasteiger partial charge in [0.25, 0.3) is 0 Å². The third-order valence-electron chi connectivity index (χ3n) is 1.89. The van der Waals surface area contributed by atoms with Crippen molar-refractivity contribution in [1.29, 1.82) is 0 Å². The van der Waals surface area contributed by atoms with E-state index >= 15 is 0 Å². The highest BCUT2D eigenvalue weighted by atomic mass is 35.5. The first-order chi connectivity index (χ1) is 4.93. The molecule has 0 unspecified atom stereocenters. The molecule has 2 N–H and O–H groups in total. The van der Waals surface area contributed by atoms with Crippen LogP contribution < -0.4 is 10.6 Å². The highest BCUT2D eigenvalue weighted by Crippen LogP contribution is 1.88. The molecule has 1 rings (SSSR count). The van der Waals surface area contributed by atoms with Gasteiger partial charge in [0.05, 0.1) is 0 Å². The molecule has 0 aromatic rings. The van der Waals surface area contributed by atoms with Gasteiger partial charge in [-0.05, 0) is 7.05 Å². The summed E-state index contributed by atoms with van der Waals surface area (Å²) in [5, 5.41) is 6.48. The Hall–Kier alpha value is 0.460. The zero-order chi connectivity index (χ0) is 7.23. The molecular weight excluding hydrogens is 197 g/mol. The van der Waals surface area contributed by atoms with Gasteiger partial charge in [-0.15, -0.1) is 24.8 Å². The number of piperazine rings is 1. The molecule has 12 heavy (non-hydrogen) atoms. The molecule has 1 fully saturated rings. The molecule has 0 amide bonds. The molecule has 1 heterocycles. The summed E-state index contributed by atoms with van der Waals surface area (Å²) in [4.78, 5) is 2.48. The second-order valence-corrected chi connectivity index (χ2v) is 2.70. The van der Waals surface area contributed by atoms with E-state index in [1.54, 1.807) is 0 Å². The molecule has 1 aliphatic heterocycles. The zero-order valence-electron chi connectivity index (χ0n) is 7.51. The van der Waals surface area contributed by atoms with E-state index in [1.807, 2.05) is 7.05 Å². The maximum Gasteiger partial charge on any atom is 0.0108 e.